The number of halogens is 4. The number of carbonyl (C=O) groups excluding carboxylic acids is 1. The molecule has 0 saturated heterocycles. The lowest BCUT2D eigenvalue weighted by molar-refractivity contribution is -0.152. The van der Waals surface area contributed by atoms with Crippen molar-refractivity contribution in [1.29, 1.82) is 0 Å². The molecule has 20 heavy (non-hydrogen) atoms. The molecule has 1 unspecified atom stereocenters. The lowest BCUT2D eigenvalue weighted by Gasteiger charge is -2.14. The minimum absolute atomic E-state index is 0.287. The summed E-state index contributed by atoms with van der Waals surface area (Å²) in [6, 6.07) is 4.48. The van der Waals surface area contributed by atoms with Crippen molar-refractivity contribution < 1.29 is 22.7 Å². The number of amides is 1. The Morgan fingerprint density at radius 3 is 2.70 bits per heavy atom. The summed E-state index contributed by atoms with van der Waals surface area (Å²) >= 11 is 5.72. The number of nitrogens with one attached hydrogen (secondary N) is 1. The highest BCUT2D eigenvalue weighted by atomic mass is 35.5. The van der Waals surface area contributed by atoms with Crippen LogP contribution in [-0.2, 0) is 9.53 Å². The molecule has 1 aromatic rings. The maximum atomic E-state index is 11.9. The Bertz CT molecular complexity index is 480. The van der Waals surface area contributed by atoms with E-state index in [1.807, 2.05) is 0 Å². The van der Waals surface area contributed by atoms with E-state index in [0.717, 1.165) is 0 Å². The highest BCUT2D eigenvalue weighted by molar-refractivity contribution is 6.33. The summed E-state index contributed by atoms with van der Waals surface area (Å²) in [6.07, 6.45) is -6.41. The van der Waals surface area contributed by atoms with Crippen LogP contribution in [0.4, 0.5) is 24.5 Å². The predicted molar refractivity (Wildman–Crippen MR) is 70.6 cm³/mol. The zero-order chi connectivity index (χ0) is 15.3. The first kappa shape index (κ1) is 16.6. The molecule has 0 saturated carbocycles. The van der Waals surface area contributed by atoms with Gasteiger partial charge in [-0.2, -0.15) is 13.2 Å². The van der Waals surface area contributed by atoms with Crippen molar-refractivity contribution in [3.8, 4) is 0 Å². The summed E-state index contributed by atoms with van der Waals surface area (Å²) < 4.78 is 40.6. The maximum absolute atomic E-state index is 11.9. The number of benzene rings is 1. The quantitative estimate of drug-likeness (QED) is 0.821. The van der Waals surface area contributed by atoms with Gasteiger partial charge in [-0.1, -0.05) is 11.6 Å². The molecule has 0 spiro atoms. The molecule has 0 fully saturated rings. The lowest BCUT2D eigenvalue weighted by Crippen LogP contribution is -2.29. The molecule has 1 amide bonds. The smallest absolute Gasteiger partial charge is 0.391 e. The second kappa shape index (κ2) is 6.81. The van der Waals surface area contributed by atoms with Gasteiger partial charge in [0.15, 0.2) is 0 Å². The van der Waals surface area contributed by atoms with Crippen LogP contribution >= 0.6 is 11.6 Å². The number of ether oxygens (including phenoxy) is 1. The molecule has 0 aliphatic rings. The van der Waals surface area contributed by atoms with Crippen LogP contribution in [0.5, 0.6) is 0 Å². The van der Waals surface area contributed by atoms with Crippen LogP contribution in [0.2, 0.25) is 5.02 Å². The lowest BCUT2D eigenvalue weighted by atomic mass is 10.2. The number of hydrogen-bond donors (Lipinski definition) is 2. The van der Waals surface area contributed by atoms with Gasteiger partial charge in [-0.3, -0.25) is 4.79 Å². The molecule has 112 valence electrons. The topological polar surface area (TPSA) is 64.3 Å². The van der Waals surface area contributed by atoms with Crippen molar-refractivity contribution in [2.45, 2.75) is 25.6 Å². The second-order valence-electron chi connectivity index (χ2n) is 4.10. The second-order valence-corrected chi connectivity index (χ2v) is 4.51. The van der Waals surface area contributed by atoms with E-state index >= 15 is 0 Å². The van der Waals surface area contributed by atoms with Crippen LogP contribution in [-0.4, -0.2) is 24.8 Å². The van der Waals surface area contributed by atoms with Gasteiger partial charge in [-0.15, -0.1) is 0 Å². The van der Waals surface area contributed by atoms with Gasteiger partial charge >= 0.3 is 6.18 Å². The fourth-order valence-electron chi connectivity index (χ4n) is 1.29. The molecule has 0 radical (unpaired) electrons. The van der Waals surface area contributed by atoms with Gasteiger partial charge in [0.2, 0.25) is 0 Å². The van der Waals surface area contributed by atoms with Crippen LogP contribution in [0, 0.1) is 0 Å². The summed E-state index contributed by atoms with van der Waals surface area (Å²) in [7, 11) is 0. The number of alkyl halides is 3. The van der Waals surface area contributed by atoms with Crippen molar-refractivity contribution in [2.75, 3.05) is 17.7 Å². The average Bonchev–Trinajstić information content (AvgIpc) is 2.32. The zero-order valence-corrected chi connectivity index (χ0v) is 11.4. The summed E-state index contributed by atoms with van der Waals surface area (Å²) in [5.41, 5.74) is 6.24. The molecule has 1 aromatic carbocycles. The van der Waals surface area contributed by atoms with Gasteiger partial charge in [0.1, 0.15) is 6.10 Å². The van der Waals surface area contributed by atoms with Gasteiger partial charge in [-0.25, -0.2) is 0 Å². The standard InChI is InChI=1S/C12H14ClF3N2O2/c1-7(20-5-4-12(14,15)16)11(19)18-8-2-3-9(13)10(17)6-8/h2-3,6-7H,4-5,17H2,1H3,(H,18,19). The number of carbonyl (C=O) groups is 1. The Morgan fingerprint density at radius 1 is 1.50 bits per heavy atom. The van der Waals surface area contributed by atoms with Crippen LogP contribution < -0.4 is 11.1 Å². The SMILES string of the molecule is CC(OCCC(F)(F)F)C(=O)Nc1ccc(Cl)c(N)c1. The monoisotopic (exact) mass is 310 g/mol. The minimum Gasteiger partial charge on any atom is -0.397 e. The largest absolute Gasteiger partial charge is 0.397 e. The molecule has 8 heteroatoms. The molecule has 0 aliphatic heterocycles. The Hall–Kier alpha value is -1.47. The number of anilines is 2. The van der Waals surface area contributed by atoms with Crippen LogP contribution in [0.15, 0.2) is 18.2 Å². The molecule has 3 N–H and O–H groups in total. The van der Waals surface area contributed by atoms with E-state index in [0.29, 0.717) is 10.7 Å². The van der Waals surface area contributed by atoms with E-state index in [1.165, 1.54) is 25.1 Å². The van der Waals surface area contributed by atoms with Crippen LogP contribution in [0.1, 0.15) is 13.3 Å². The van der Waals surface area contributed by atoms with E-state index in [9.17, 15) is 18.0 Å². The predicted octanol–water partition coefficient (Wildman–Crippen LogP) is 3.22. The molecular weight excluding hydrogens is 297 g/mol. The normalized spacial score (nSPS) is 13.1. The fraction of sp³-hybridized carbons (Fsp3) is 0.417. The Labute approximate surface area is 119 Å². The first-order chi connectivity index (χ1) is 9.19. The summed E-state index contributed by atoms with van der Waals surface area (Å²) in [5, 5.41) is 2.82. The van der Waals surface area contributed by atoms with Crippen LogP contribution in [0.3, 0.4) is 0 Å². The Kier molecular flexibility index (Phi) is 5.64. The molecule has 0 heterocycles. The first-order valence-corrected chi connectivity index (χ1v) is 6.11. The summed E-state index contributed by atoms with van der Waals surface area (Å²) in [4.78, 5) is 11.7. The van der Waals surface area contributed by atoms with Crippen molar-refractivity contribution in [2.24, 2.45) is 0 Å². The zero-order valence-electron chi connectivity index (χ0n) is 10.6. The van der Waals surface area contributed by atoms with Gasteiger partial charge in [0.25, 0.3) is 5.91 Å². The molecule has 0 bridgehead atoms. The average molecular weight is 311 g/mol. The fourth-order valence-corrected chi connectivity index (χ4v) is 1.41. The molecule has 1 rings (SSSR count). The van der Waals surface area contributed by atoms with Crippen molar-refractivity contribution >= 4 is 28.9 Å². The van der Waals surface area contributed by atoms with Crippen molar-refractivity contribution in [3.63, 3.8) is 0 Å². The Morgan fingerprint density at radius 2 is 2.15 bits per heavy atom. The molecule has 0 aromatic heterocycles. The third kappa shape index (κ3) is 5.66. The van der Waals surface area contributed by atoms with Crippen molar-refractivity contribution in [3.05, 3.63) is 23.2 Å². The third-order valence-electron chi connectivity index (χ3n) is 2.39. The van der Waals surface area contributed by atoms with Crippen LogP contribution in [0.25, 0.3) is 0 Å². The first-order valence-electron chi connectivity index (χ1n) is 5.73. The van der Waals surface area contributed by atoms with E-state index in [1.54, 1.807) is 0 Å². The minimum atomic E-state index is -4.30. The van der Waals surface area contributed by atoms with Gasteiger partial charge in [0, 0.05) is 5.69 Å². The molecule has 1 atom stereocenters. The molecule has 4 nitrogen and oxygen atoms in total. The van der Waals surface area contributed by atoms with Gasteiger partial charge < -0.3 is 15.8 Å². The highest BCUT2D eigenvalue weighted by Crippen LogP contribution is 2.23. The number of hydrogen-bond acceptors (Lipinski definition) is 3. The van der Waals surface area contributed by atoms with Crippen molar-refractivity contribution in [1.82, 2.24) is 0 Å². The van der Waals surface area contributed by atoms with E-state index in [4.69, 9.17) is 22.1 Å². The number of nitrogens with two attached hydrogens (primary N) is 1. The van der Waals surface area contributed by atoms with E-state index in [2.05, 4.69) is 5.32 Å². The number of rotatable bonds is 5. The maximum Gasteiger partial charge on any atom is 0.391 e. The molecule has 0 aliphatic carbocycles. The van der Waals surface area contributed by atoms with E-state index < -0.39 is 31.2 Å². The summed E-state index contributed by atoms with van der Waals surface area (Å²) in [5.74, 6) is -0.561. The number of nitrogen functional groups attached to an aromatic ring is 1. The Balaban J connectivity index is 2.47. The van der Waals surface area contributed by atoms with Gasteiger partial charge in [-0.05, 0) is 25.1 Å². The van der Waals surface area contributed by atoms with E-state index in [-0.39, 0.29) is 5.69 Å². The highest BCUT2D eigenvalue weighted by Gasteiger charge is 2.27. The molecular formula is C12H14ClF3N2O2. The third-order valence-corrected chi connectivity index (χ3v) is 2.73. The van der Waals surface area contributed by atoms with Gasteiger partial charge in [0.05, 0.1) is 23.7 Å². The summed E-state index contributed by atoms with van der Waals surface area (Å²) in [6.45, 7) is 0.797.